The summed E-state index contributed by atoms with van der Waals surface area (Å²) in [5.74, 6) is 0. The quantitative estimate of drug-likeness (QED) is 0.545. The van der Waals surface area contributed by atoms with Crippen molar-refractivity contribution < 1.29 is 4.48 Å². The molecular formula is C14H26NSi+. The van der Waals surface area contributed by atoms with Gasteiger partial charge in [-0.3, -0.25) is 0 Å². The summed E-state index contributed by atoms with van der Waals surface area (Å²) in [6.07, 6.45) is 1.34. The topological polar surface area (TPSA) is 0 Å². The van der Waals surface area contributed by atoms with Crippen molar-refractivity contribution in [3.63, 3.8) is 0 Å². The Morgan fingerprint density at radius 2 is 1.50 bits per heavy atom. The molecule has 0 atom stereocenters. The first-order chi connectivity index (χ1) is 7.43. The zero-order valence-electron chi connectivity index (χ0n) is 11.5. The average molecular weight is 236 g/mol. The smallest absolute Gasteiger partial charge is 0.144 e. The second kappa shape index (κ2) is 5.15. The molecule has 0 aliphatic rings. The van der Waals surface area contributed by atoms with Gasteiger partial charge in [-0.1, -0.05) is 48.6 Å². The first-order valence-corrected chi connectivity index (χ1v) is 9.53. The Balaban J connectivity index is 2.87. The zero-order chi connectivity index (χ0) is 12.2. The van der Waals surface area contributed by atoms with E-state index in [0.29, 0.717) is 0 Å². The van der Waals surface area contributed by atoms with Crippen LogP contribution in [0, 0.1) is 0 Å². The summed E-state index contributed by atoms with van der Waals surface area (Å²) >= 11 is 0. The molecule has 0 aliphatic heterocycles. The van der Waals surface area contributed by atoms with Gasteiger partial charge in [-0.25, -0.2) is 0 Å². The fraction of sp³-hybridized carbons (Fsp3) is 0.571. The van der Waals surface area contributed by atoms with E-state index in [9.17, 15) is 0 Å². The molecule has 0 saturated heterocycles. The van der Waals surface area contributed by atoms with E-state index in [-0.39, 0.29) is 0 Å². The molecule has 0 radical (unpaired) electrons. The zero-order valence-corrected chi connectivity index (χ0v) is 12.5. The third-order valence-corrected chi connectivity index (χ3v) is 7.31. The van der Waals surface area contributed by atoms with Gasteiger partial charge >= 0.3 is 0 Å². The lowest BCUT2D eigenvalue weighted by Gasteiger charge is -2.38. The molecule has 0 bridgehead atoms. The summed E-state index contributed by atoms with van der Waals surface area (Å²) in [5, 5.41) is 1.58. The molecule has 2 heteroatoms. The summed E-state index contributed by atoms with van der Waals surface area (Å²) in [4.78, 5) is 0. The third-order valence-electron chi connectivity index (χ3n) is 3.86. The van der Waals surface area contributed by atoms with Crippen molar-refractivity contribution in [1.29, 1.82) is 0 Å². The van der Waals surface area contributed by atoms with Gasteiger partial charge in [0.05, 0.1) is 26.3 Å². The minimum absolute atomic E-state index is 1.20. The fourth-order valence-electron chi connectivity index (χ4n) is 2.38. The standard InChI is InChI=1S/C14H26NSi/c1-6-15(3,7-2)13-16(4,5)14-11-9-8-10-12-14/h8-12H,6-7,13H2,1-5H3/q+1. The van der Waals surface area contributed by atoms with E-state index < -0.39 is 8.07 Å². The number of quaternary nitrogens is 1. The normalized spacial score (nSPS) is 12.8. The summed E-state index contributed by atoms with van der Waals surface area (Å²) < 4.78 is 1.20. The first kappa shape index (κ1) is 13.5. The second-order valence-corrected chi connectivity index (χ2v) is 10.3. The van der Waals surface area contributed by atoms with Gasteiger partial charge in [0.15, 0.2) is 0 Å². The Kier molecular flexibility index (Phi) is 4.33. The molecule has 0 saturated carbocycles. The van der Waals surface area contributed by atoms with Gasteiger partial charge < -0.3 is 4.48 Å². The molecule has 0 aromatic heterocycles. The molecule has 0 fully saturated rings. The minimum Gasteiger partial charge on any atom is -0.330 e. The molecule has 0 amide bonds. The Labute approximate surface area is 102 Å². The van der Waals surface area contributed by atoms with Crippen molar-refractivity contribution in [2.45, 2.75) is 26.9 Å². The minimum atomic E-state index is -1.28. The van der Waals surface area contributed by atoms with Gasteiger partial charge in [0.2, 0.25) is 0 Å². The van der Waals surface area contributed by atoms with Gasteiger partial charge in [0.25, 0.3) is 0 Å². The van der Waals surface area contributed by atoms with E-state index in [1.807, 2.05) is 0 Å². The molecule has 0 unspecified atom stereocenters. The van der Waals surface area contributed by atoms with E-state index in [1.54, 1.807) is 5.19 Å². The summed E-state index contributed by atoms with van der Waals surface area (Å²) in [6, 6.07) is 11.1. The maximum Gasteiger partial charge on any atom is 0.144 e. The van der Waals surface area contributed by atoms with Gasteiger partial charge in [-0.15, -0.1) is 0 Å². The molecule has 0 spiro atoms. The van der Waals surface area contributed by atoms with Crippen molar-refractivity contribution in [3.8, 4) is 0 Å². The third kappa shape index (κ3) is 3.19. The highest BCUT2D eigenvalue weighted by molar-refractivity contribution is 6.89. The van der Waals surface area contributed by atoms with E-state index >= 15 is 0 Å². The Morgan fingerprint density at radius 3 is 1.94 bits per heavy atom. The number of hydrogen-bond acceptors (Lipinski definition) is 0. The number of benzene rings is 1. The van der Waals surface area contributed by atoms with E-state index in [2.05, 4.69) is 64.3 Å². The molecule has 1 nitrogen and oxygen atoms in total. The maximum atomic E-state index is 2.49. The van der Waals surface area contributed by atoms with Gasteiger partial charge in [-0.2, -0.15) is 0 Å². The van der Waals surface area contributed by atoms with Crippen LogP contribution in [0.4, 0.5) is 0 Å². The molecule has 1 aromatic carbocycles. The van der Waals surface area contributed by atoms with Crippen LogP contribution in [-0.2, 0) is 0 Å². The van der Waals surface area contributed by atoms with Crippen LogP contribution < -0.4 is 5.19 Å². The van der Waals surface area contributed by atoms with Gasteiger partial charge in [0, 0.05) is 0 Å². The van der Waals surface area contributed by atoms with Crippen LogP contribution in [-0.4, -0.2) is 38.9 Å². The van der Waals surface area contributed by atoms with E-state index in [1.165, 1.54) is 23.7 Å². The van der Waals surface area contributed by atoms with Crippen molar-refractivity contribution in [3.05, 3.63) is 30.3 Å². The van der Waals surface area contributed by atoms with Crippen LogP contribution in [0.2, 0.25) is 13.1 Å². The molecule has 0 aliphatic carbocycles. The molecule has 1 aromatic rings. The average Bonchev–Trinajstić information content (AvgIpc) is 2.29. The fourth-order valence-corrected chi connectivity index (χ4v) is 6.02. The van der Waals surface area contributed by atoms with Crippen molar-refractivity contribution in [2.75, 3.05) is 26.3 Å². The van der Waals surface area contributed by atoms with E-state index in [0.717, 1.165) is 0 Å². The Morgan fingerprint density at radius 1 is 1.00 bits per heavy atom. The van der Waals surface area contributed by atoms with Crippen molar-refractivity contribution in [2.24, 2.45) is 0 Å². The van der Waals surface area contributed by atoms with Gasteiger partial charge in [-0.05, 0) is 13.8 Å². The molecule has 0 N–H and O–H groups in total. The molecule has 1 rings (SSSR count). The van der Waals surface area contributed by atoms with Crippen LogP contribution >= 0.6 is 0 Å². The second-order valence-electron chi connectivity index (χ2n) is 5.66. The highest BCUT2D eigenvalue weighted by Crippen LogP contribution is 2.11. The first-order valence-electron chi connectivity index (χ1n) is 6.32. The highest BCUT2D eigenvalue weighted by Gasteiger charge is 2.32. The SMILES string of the molecule is CC[N+](C)(CC)C[Si](C)(C)c1ccccc1. The lowest BCUT2D eigenvalue weighted by atomic mass is 10.4. The molecule has 0 heterocycles. The summed E-state index contributed by atoms with van der Waals surface area (Å²) in [7, 11) is 1.10. The summed E-state index contributed by atoms with van der Waals surface area (Å²) in [5.41, 5.74) is 0. The van der Waals surface area contributed by atoms with E-state index in [4.69, 9.17) is 0 Å². The van der Waals surface area contributed by atoms with Crippen molar-refractivity contribution in [1.82, 2.24) is 0 Å². The number of rotatable bonds is 5. The van der Waals surface area contributed by atoms with Crippen LogP contribution in [0.1, 0.15) is 13.8 Å². The van der Waals surface area contributed by atoms with Crippen LogP contribution in [0.25, 0.3) is 0 Å². The lowest BCUT2D eigenvalue weighted by Crippen LogP contribution is -2.59. The number of nitrogens with zero attached hydrogens (tertiary/aromatic N) is 1. The van der Waals surface area contributed by atoms with Crippen LogP contribution in [0.5, 0.6) is 0 Å². The largest absolute Gasteiger partial charge is 0.330 e. The number of hydrogen-bond donors (Lipinski definition) is 0. The lowest BCUT2D eigenvalue weighted by molar-refractivity contribution is -0.896. The Bertz CT molecular complexity index is 315. The summed E-state index contributed by atoms with van der Waals surface area (Å²) in [6.45, 7) is 12.1. The van der Waals surface area contributed by atoms with Gasteiger partial charge in [0.1, 0.15) is 8.07 Å². The predicted octanol–water partition coefficient (Wildman–Crippen LogP) is 2.63. The highest BCUT2D eigenvalue weighted by atomic mass is 28.3. The molecular weight excluding hydrogens is 210 g/mol. The van der Waals surface area contributed by atoms with Crippen LogP contribution in [0.15, 0.2) is 30.3 Å². The Hall–Kier alpha value is -0.603. The predicted molar refractivity (Wildman–Crippen MR) is 75.7 cm³/mol. The van der Waals surface area contributed by atoms with Crippen LogP contribution in [0.3, 0.4) is 0 Å². The van der Waals surface area contributed by atoms with Crippen molar-refractivity contribution >= 4 is 13.3 Å². The monoisotopic (exact) mass is 236 g/mol. The molecule has 90 valence electrons. The molecule has 16 heavy (non-hydrogen) atoms. The maximum absolute atomic E-state index is 2.49.